The SMILES string of the molecule is Cc1cccc(C)c1NC(=O)CNC(=O)c1oc2c(ccc3ccccc32)c1C. The molecule has 0 radical (unpaired) electrons. The van der Waals surface area contributed by atoms with Gasteiger partial charge in [0.25, 0.3) is 5.91 Å². The number of benzene rings is 3. The molecule has 2 N–H and O–H groups in total. The Bertz CT molecular complexity index is 1230. The van der Waals surface area contributed by atoms with Crippen LogP contribution in [0.1, 0.15) is 27.2 Å². The highest BCUT2D eigenvalue weighted by Crippen LogP contribution is 2.31. The number of carbonyl (C=O) groups excluding carboxylic acids is 2. The number of para-hydroxylation sites is 1. The fourth-order valence-corrected chi connectivity index (χ4v) is 3.60. The summed E-state index contributed by atoms with van der Waals surface area (Å²) in [5.41, 5.74) is 4.18. The van der Waals surface area contributed by atoms with Crippen LogP contribution in [-0.4, -0.2) is 18.4 Å². The van der Waals surface area contributed by atoms with E-state index in [0.29, 0.717) is 5.58 Å². The highest BCUT2D eigenvalue weighted by molar-refractivity contribution is 6.09. The van der Waals surface area contributed by atoms with Crippen molar-refractivity contribution in [1.82, 2.24) is 5.32 Å². The van der Waals surface area contributed by atoms with Gasteiger partial charge in [-0.25, -0.2) is 0 Å². The molecule has 146 valence electrons. The standard InChI is InChI=1S/C24H22N2O3/c1-14-7-6-8-15(2)21(14)26-20(27)13-25-24(28)22-16(3)18-12-11-17-9-4-5-10-19(17)23(18)29-22/h4-12H,13H2,1-3H3,(H,25,28)(H,26,27). The van der Waals surface area contributed by atoms with E-state index in [1.807, 2.05) is 75.4 Å². The molecule has 0 aliphatic carbocycles. The van der Waals surface area contributed by atoms with Crippen molar-refractivity contribution in [2.75, 3.05) is 11.9 Å². The van der Waals surface area contributed by atoms with Crippen LogP contribution in [0.2, 0.25) is 0 Å². The normalized spacial score (nSPS) is 11.0. The number of fused-ring (bicyclic) bond motifs is 3. The maximum Gasteiger partial charge on any atom is 0.287 e. The van der Waals surface area contributed by atoms with Crippen molar-refractivity contribution in [3.8, 4) is 0 Å². The fraction of sp³-hybridized carbons (Fsp3) is 0.167. The molecule has 0 aliphatic heterocycles. The average Bonchev–Trinajstić information content (AvgIpc) is 3.06. The van der Waals surface area contributed by atoms with Gasteiger partial charge < -0.3 is 15.1 Å². The van der Waals surface area contributed by atoms with Gasteiger partial charge in [0, 0.05) is 22.0 Å². The molecule has 2 amide bonds. The summed E-state index contributed by atoms with van der Waals surface area (Å²) in [5.74, 6) is -0.453. The molecule has 1 aromatic heterocycles. The molecule has 0 spiro atoms. The van der Waals surface area contributed by atoms with Gasteiger partial charge in [-0.2, -0.15) is 0 Å². The number of hydrogen-bond donors (Lipinski definition) is 2. The lowest BCUT2D eigenvalue weighted by Crippen LogP contribution is -2.33. The third kappa shape index (κ3) is 3.47. The fourth-order valence-electron chi connectivity index (χ4n) is 3.60. The first-order valence-electron chi connectivity index (χ1n) is 9.51. The van der Waals surface area contributed by atoms with Crippen LogP contribution in [0.25, 0.3) is 21.7 Å². The highest BCUT2D eigenvalue weighted by Gasteiger charge is 2.19. The quantitative estimate of drug-likeness (QED) is 0.525. The van der Waals surface area contributed by atoms with Crippen molar-refractivity contribution in [1.29, 1.82) is 0 Å². The molecule has 5 nitrogen and oxygen atoms in total. The lowest BCUT2D eigenvalue weighted by molar-refractivity contribution is -0.115. The second kappa shape index (κ2) is 7.43. The molecule has 4 rings (SSSR count). The topological polar surface area (TPSA) is 71.3 Å². The van der Waals surface area contributed by atoms with Crippen LogP contribution in [0.5, 0.6) is 0 Å². The van der Waals surface area contributed by atoms with Crippen LogP contribution in [0.15, 0.2) is 59.0 Å². The zero-order valence-electron chi connectivity index (χ0n) is 16.6. The molecule has 0 saturated carbocycles. The molecule has 0 aliphatic rings. The van der Waals surface area contributed by atoms with Crippen LogP contribution in [0.3, 0.4) is 0 Å². The van der Waals surface area contributed by atoms with E-state index in [4.69, 9.17) is 4.42 Å². The van der Waals surface area contributed by atoms with Crippen molar-refractivity contribution in [3.63, 3.8) is 0 Å². The largest absolute Gasteiger partial charge is 0.450 e. The summed E-state index contributed by atoms with van der Waals surface area (Å²) < 4.78 is 5.92. The Morgan fingerprint density at radius 2 is 1.59 bits per heavy atom. The zero-order chi connectivity index (χ0) is 20.5. The molecular formula is C24H22N2O3. The first-order valence-corrected chi connectivity index (χ1v) is 9.51. The number of rotatable bonds is 4. The minimum absolute atomic E-state index is 0.135. The molecule has 4 aromatic rings. The molecule has 0 atom stereocenters. The lowest BCUT2D eigenvalue weighted by Gasteiger charge is -2.11. The maximum absolute atomic E-state index is 12.7. The lowest BCUT2D eigenvalue weighted by atomic mass is 10.1. The van der Waals surface area contributed by atoms with Crippen molar-refractivity contribution in [2.45, 2.75) is 20.8 Å². The minimum atomic E-state index is -0.403. The summed E-state index contributed by atoms with van der Waals surface area (Å²) in [6.07, 6.45) is 0. The zero-order valence-corrected chi connectivity index (χ0v) is 16.6. The van der Waals surface area contributed by atoms with Gasteiger partial charge in [0.1, 0.15) is 5.58 Å². The van der Waals surface area contributed by atoms with Crippen molar-refractivity contribution >= 4 is 39.2 Å². The average molecular weight is 386 g/mol. The van der Waals surface area contributed by atoms with E-state index in [2.05, 4.69) is 10.6 Å². The number of furan rings is 1. The van der Waals surface area contributed by atoms with Crippen LogP contribution in [-0.2, 0) is 4.79 Å². The predicted octanol–water partition coefficient (Wildman–Crippen LogP) is 4.88. The number of amides is 2. The molecule has 0 saturated heterocycles. The number of anilines is 1. The van der Waals surface area contributed by atoms with Gasteiger partial charge in [-0.1, -0.05) is 54.6 Å². The molecule has 0 fully saturated rings. The number of carbonyl (C=O) groups is 2. The molecule has 3 aromatic carbocycles. The third-order valence-corrected chi connectivity index (χ3v) is 5.19. The van der Waals surface area contributed by atoms with E-state index < -0.39 is 5.91 Å². The highest BCUT2D eigenvalue weighted by atomic mass is 16.3. The van der Waals surface area contributed by atoms with Crippen molar-refractivity contribution in [2.24, 2.45) is 0 Å². The van der Waals surface area contributed by atoms with E-state index in [0.717, 1.165) is 38.5 Å². The summed E-state index contributed by atoms with van der Waals surface area (Å²) in [7, 11) is 0. The van der Waals surface area contributed by atoms with Crippen LogP contribution < -0.4 is 10.6 Å². The van der Waals surface area contributed by atoms with E-state index in [1.165, 1.54) is 0 Å². The van der Waals surface area contributed by atoms with Crippen LogP contribution in [0.4, 0.5) is 5.69 Å². The Balaban J connectivity index is 1.53. The summed E-state index contributed by atoms with van der Waals surface area (Å²) in [4.78, 5) is 25.0. The Hall–Kier alpha value is -3.60. The number of nitrogens with one attached hydrogen (secondary N) is 2. The molecular weight excluding hydrogens is 364 g/mol. The summed E-state index contributed by atoms with van der Waals surface area (Å²) in [5, 5.41) is 8.43. The first kappa shape index (κ1) is 18.7. The maximum atomic E-state index is 12.7. The molecule has 5 heteroatoms. The van der Waals surface area contributed by atoms with Gasteiger partial charge in [-0.15, -0.1) is 0 Å². The van der Waals surface area contributed by atoms with Gasteiger partial charge in [-0.3, -0.25) is 9.59 Å². The van der Waals surface area contributed by atoms with Gasteiger partial charge in [-0.05, 0) is 37.3 Å². The number of hydrogen-bond acceptors (Lipinski definition) is 3. The monoisotopic (exact) mass is 386 g/mol. The third-order valence-electron chi connectivity index (χ3n) is 5.19. The Morgan fingerprint density at radius 1 is 0.862 bits per heavy atom. The van der Waals surface area contributed by atoms with Gasteiger partial charge >= 0.3 is 0 Å². The van der Waals surface area contributed by atoms with Crippen molar-refractivity contribution < 1.29 is 14.0 Å². The van der Waals surface area contributed by atoms with Crippen molar-refractivity contribution in [3.05, 3.63) is 77.0 Å². The first-order chi connectivity index (χ1) is 14.0. The van der Waals surface area contributed by atoms with E-state index in [1.54, 1.807) is 0 Å². The summed E-state index contributed by atoms with van der Waals surface area (Å²) in [6, 6.07) is 17.7. The second-order valence-corrected chi connectivity index (χ2v) is 7.22. The summed E-state index contributed by atoms with van der Waals surface area (Å²) >= 11 is 0. The van der Waals surface area contributed by atoms with Crippen LogP contribution >= 0.6 is 0 Å². The Labute approximate surface area is 168 Å². The van der Waals surface area contributed by atoms with E-state index in [9.17, 15) is 9.59 Å². The predicted molar refractivity (Wildman–Crippen MR) is 115 cm³/mol. The minimum Gasteiger partial charge on any atom is -0.450 e. The van der Waals surface area contributed by atoms with Gasteiger partial charge in [0.05, 0.1) is 6.54 Å². The second-order valence-electron chi connectivity index (χ2n) is 7.22. The van der Waals surface area contributed by atoms with Gasteiger partial charge in [0.2, 0.25) is 5.91 Å². The molecule has 0 unspecified atom stereocenters. The smallest absolute Gasteiger partial charge is 0.287 e. The van der Waals surface area contributed by atoms with Crippen LogP contribution in [0, 0.1) is 20.8 Å². The van der Waals surface area contributed by atoms with E-state index in [-0.39, 0.29) is 18.2 Å². The van der Waals surface area contributed by atoms with E-state index >= 15 is 0 Å². The molecule has 29 heavy (non-hydrogen) atoms. The molecule has 0 bridgehead atoms. The summed E-state index contributed by atoms with van der Waals surface area (Å²) in [6.45, 7) is 5.59. The number of aryl methyl sites for hydroxylation is 3. The molecule has 1 heterocycles. The Kier molecular flexibility index (Phi) is 4.80. The Morgan fingerprint density at radius 3 is 2.34 bits per heavy atom. The van der Waals surface area contributed by atoms with Gasteiger partial charge in [0.15, 0.2) is 5.76 Å².